The number of phenolic OH excluding ortho intramolecular Hbond substituents is 1. The molecule has 1 N–H and O–H groups in total. The minimum Gasteiger partial charge on any atom is -0.508 e. The van der Waals surface area contributed by atoms with Gasteiger partial charge in [0, 0.05) is 12.4 Å². The molecule has 0 amide bonds. The maximum Gasteiger partial charge on any atom is 0.115 e. The Morgan fingerprint density at radius 1 is 0.842 bits per heavy atom. The smallest absolute Gasteiger partial charge is 0.115 e. The van der Waals surface area contributed by atoms with Gasteiger partial charge in [-0.15, -0.1) is 0 Å². The molecule has 0 saturated carbocycles. The Labute approximate surface area is 111 Å². The molecule has 94 valence electrons. The first-order valence-electron chi connectivity index (χ1n) is 6.17. The summed E-state index contributed by atoms with van der Waals surface area (Å²) in [5, 5.41) is 13.8. The fraction of sp³-hybridized carbons (Fsp3) is 0.0625. The van der Waals surface area contributed by atoms with E-state index in [0.717, 1.165) is 11.1 Å². The second-order valence-electron chi connectivity index (χ2n) is 4.39. The lowest BCUT2D eigenvalue weighted by atomic mass is 9.99. The Morgan fingerprint density at radius 3 is 2.16 bits per heavy atom. The van der Waals surface area contributed by atoms with E-state index >= 15 is 0 Å². The van der Waals surface area contributed by atoms with E-state index < -0.39 is 0 Å². The second kappa shape index (κ2) is 4.98. The predicted octanol–water partition coefficient (Wildman–Crippen LogP) is 3.23. The average molecular weight is 250 g/mol. The van der Waals surface area contributed by atoms with E-state index in [1.54, 1.807) is 18.3 Å². The summed E-state index contributed by atoms with van der Waals surface area (Å²) in [5.41, 5.74) is 2.25. The third kappa shape index (κ3) is 2.36. The van der Waals surface area contributed by atoms with Gasteiger partial charge in [-0.1, -0.05) is 42.5 Å². The standard InChI is InChI=1S/C16H14N2O/c19-15-9-7-14(8-10-15)16(18-12-4-11-17-18)13-5-2-1-3-6-13/h1-12,16,19H/t16-/m0/s1. The van der Waals surface area contributed by atoms with E-state index in [9.17, 15) is 5.11 Å². The van der Waals surface area contributed by atoms with Gasteiger partial charge in [0.1, 0.15) is 11.8 Å². The molecule has 0 bridgehead atoms. The number of phenols is 1. The van der Waals surface area contributed by atoms with Crippen molar-refractivity contribution in [1.82, 2.24) is 9.78 Å². The normalized spacial score (nSPS) is 12.2. The SMILES string of the molecule is Oc1ccc([C@H](c2ccccc2)n2cccn2)cc1. The van der Waals surface area contributed by atoms with Crippen molar-refractivity contribution in [2.24, 2.45) is 0 Å². The van der Waals surface area contributed by atoms with Gasteiger partial charge in [0.25, 0.3) is 0 Å². The van der Waals surface area contributed by atoms with Crippen molar-refractivity contribution in [2.45, 2.75) is 6.04 Å². The van der Waals surface area contributed by atoms with Gasteiger partial charge in [-0.3, -0.25) is 4.68 Å². The molecule has 19 heavy (non-hydrogen) atoms. The van der Waals surface area contributed by atoms with Crippen LogP contribution < -0.4 is 0 Å². The van der Waals surface area contributed by atoms with E-state index in [4.69, 9.17) is 0 Å². The number of hydrogen-bond donors (Lipinski definition) is 1. The van der Waals surface area contributed by atoms with Crippen LogP contribution in [0.2, 0.25) is 0 Å². The molecule has 0 saturated heterocycles. The number of aromatic nitrogens is 2. The molecule has 3 aromatic rings. The van der Waals surface area contributed by atoms with Gasteiger partial charge in [0.2, 0.25) is 0 Å². The maximum atomic E-state index is 9.42. The van der Waals surface area contributed by atoms with Crippen LogP contribution in [0, 0.1) is 0 Å². The minimum absolute atomic E-state index is 0.0248. The zero-order valence-corrected chi connectivity index (χ0v) is 10.3. The summed E-state index contributed by atoms with van der Waals surface area (Å²) in [7, 11) is 0. The molecular formula is C16H14N2O. The van der Waals surface area contributed by atoms with Crippen LogP contribution in [0.15, 0.2) is 73.1 Å². The van der Waals surface area contributed by atoms with E-state index in [-0.39, 0.29) is 11.8 Å². The lowest BCUT2D eigenvalue weighted by Crippen LogP contribution is -2.12. The summed E-state index contributed by atoms with van der Waals surface area (Å²) >= 11 is 0. The molecule has 0 fully saturated rings. The molecule has 0 radical (unpaired) electrons. The third-order valence-corrected chi connectivity index (χ3v) is 3.11. The Morgan fingerprint density at radius 2 is 1.53 bits per heavy atom. The highest BCUT2D eigenvalue weighted by Gasteiger charge is 2.15. The molecule has 3 rings (SSSR count). The first-order valence-corrected chi connectivity index (χ1v) is 6.17. The molecule has 1 aromatic heterocycles. The Bertz CT molecular complexity index is 630. The highest BCUT2D eigenvalue weighted by atomic mass is 16.3. The van der Waals surface area contributed by atoms with Crippen molar-refractivity contribution in [1.29, 1.82) is 0 Å². The van der Waals surface area contributed by atoms with Gasteiger partial charge in [-0.25, -0.2) is 0 Å². The van der Waals surface area contributed by atoms with E-state index in [1.807, 2.05) is 47.3 Å². The molecule has 3 heteroatoms. The number of nitrogens with zero attached hydrogens (tertiary/aromatic N) is 2. The van der Waals surface area contributed by atoms with Crippen LogP contribution in [0.25, 0.3) is 0 Å². The van der Waals surface area contributed by atoms with Crippen LogP contribution in [-0.2, 0) is 0 Å². The number of aromatic hydroxyl groups is 1. The predicted molar refractivity (Wildman–Crippen MR) is 74.0 cm³/mol. The van der Waals surface area contributed by atoms with Crippen LogP contribution in [0.5, 0.6) is 5.75 Å². The summed E-state index contributed by atoms with van der Waals surface area (Å²) in [5.74, 6) is 0.274. The van der Waals surface area contributed by atoms with E-state index in [2.05, 4.69) is 17.2 Å². The van der Waals surface area contributed by atoms with Crippen LogP contribution in [0.1, 0.15) is 17.2 Å². The molecule has 0 spiro atoms. The van der Waals surface area contributed by atoms with Crippen LogP contribution in [0.4, 0.5) is 0 Å². The fourth-order valence-corrected chi connectivity index (χ4v) is 2.22. The highest BCUT2D eigenvalue weighted by molar-refractivity contribution is 5.35. The molecule has 2 aromatic carbocycles. The highest BCUT2D eigenvalue weighted by Crippen LogP contribution is 2.26. The summed E-state index contributed by atoms with van der Waals surface area (Å²) < 4.78 is 1.92. The van der Waals surface area contributed by atoms with Gasteiger partial charge < -0.3 is 5.11 Å². The van der Waals surface area contributed by atoms with Crippen molar-refractivity contribution in [3.63, 3.8) is 0 Å². The monoisotopic (exact) mass is 250 g/mol. The van der Waals surface area contributed by atoms with Crippen molar-refractivity contribution < 1.29 is 5.11 Å². The quantitative estimate of drug-likeness (QED) is 0.775. The van der Waals surface area contributed by atoms with Crippen molar-refractivity contribution in [2.75, 3.05) is 0 Å². The second-order valence-corrected chi connectivity index (χ2v) is 4.39. The van der Waals surface area contributed by atoms with E-state index in [1.165, 1.54) is 0 Å². The largest absolute Gasteiger partial charge is 0.508 e. The average Bonchev–Trinajstić information content (AvgIpc) is 2.96. The zero-order valence-electron chi connectivity index (χ0n) is 10.3. The summed E-state index contributed by atoms with van der Waals surface area (Å²) in [6, 6.07) is 19.4. The molecule has 1 heterocycles. The third-order valence-electron chi connectivity index (χ3n) is 3.11. The van der Waals surface area contributed by atoms with E-state index in [0.29, 0.717) is 0 Å². The summed E-state index contributed by atoms with van der Waals surface area (Å²) in [6.45, 7) is 0. The summed E-state index contributed by atoms with van der Waals surface area (Å²) in [6.07, 6.45) is 3.72. The maximum absolute atomic E-state index is 9.42. The zero-order chi connectivity index (χ0) is 13.1. The molecule has 3 nitrogen and oxygen atoms in total. The van der Waals surface area contributed by atoms with Crippen LogP contribution in [0.3, 0.4) is 0 Å². The van der Waals surface area contributed by atoms with Crippen molar-refractivity contribution in [3.8, 4) is 5.75 Å². The number of rotatable bonds is 3. The van der Waals surface area contributed by atoms with Gasteiger partial charge in [0.15, 0.2) is 0 Å². The topological polar surface area (TPSA) is 38.0 Å². The Balaban J connectivity index is 2.10. The molecule has 0 aliphatic heterocycles. The minimum atomic E-state index is 0.0248. The van der Waals surface area contributed by atoms with Crippen LogP contribution >= 0.6 is 0 Å². The lowest BCUT2D eigenvalue weighted by Gasteiger charge is -2.18. The first kappa shape index (κ1) is 11.5. The van der Waals surface area contributed by atoms with Gasteiger partial charge in [0.05, 0.1) is 0 Å². The van der Waals surface area contributed by atoms with Gasteiger partial charge in [-0.2, -0.15) is 5.10 Å². The molecule has 0 unspecified atom stereocenters. The van der Waals surface area contributed by atoms with Gasteiger partial charge >= 0.3 is 0 Å². The van der Waals surface area contributed by atoms with Gasteiger partial charge in [-0.05, 0) is 29.3 Å². The number of benzene rings is 2. The van der Waals surface area contributed by atoms with Crippen LogP contribution in [-0.4, -0.2) is 14.9 Å². The number of hydrogen-bond acceptors (Lipinski definition) is 2. The molecular weight excluding hydrogens is 236 g/mol. The summed E-state index contributed by atoms with van der Waals surface area (Å²) in [4.78, 5) is 0. The van der Waals surface area contributed by atoms with Crippen molar-refractivity contribution in [3.05, 3.63) is 84.2 Å². The molecule has 0 aliphatic rings. The lowest BCUT2D eigenvalue weighted by molar-refractivity contribution is 0.474. The molecule has 1 atom stereocenters. The Kier molecular flexibility index (Phi) is 3.02. The molecule has 0 aliphatic carbocycles. The fourth-order valence-electron chi connectivity index (χ4n) is 2.22. The van der Waals surface area contributed by atoms with Crippen molar-refractivity contribution >= 4 is 0 Å². The first-order chi connectivity index (χ1) is 9.34. The Hall–Kier alpha value is -2.55.